The minimum absolute atomic E-state index is 0.104. The Hall–Kier alpha value is -4.07. The Morgan fingerprint density at radius 2 is 1.78 bits per heavy atom. The number of nitrogens with one attached hydrogen (secondary N) is 2. The maximum atomic E-state index is 13.3. The number of aromatic nitrogens is 2. The number of anilines is 2. The molecule has 2 N–H and O–H groups in total. The molecule has 7 nitrogen and oxygen atoms in total. The molecule has 0 aliphatic carbocycles. The van der Waals surface area contributed by atoms with Crippen LogP contribution in [0.15, 0.2) is 91.3 Å². The Balaban J connectivity index is 1.37. The van der Waals surface area contributed by atoms with Gasteiger partial charge in [0.15, 0.2) is 0 Å². The highest BCUT2D eigenvalue weighted by atomic mass is 35.5. The summed E-state index contributed by atoms with van der Waals surface area (Å²) in [4.78, 5) is 36.6. The molecular formula is C28H24ClN5O2. The largest absolute Gasteiger partial charge is 0.324 e. The van der Waals surface area contributed by atoms with E-state index in [0.29, 0.717) is 35.9 Å². The first-order chi connectivity index (χ1) is 17.5. The van der Waals surface area contributed by atoms with E-state index in [-0.39, 0.29) is 11.8 Å². The lowest BCUT2D eigenvalue weighted by Gasteiger charge is -2.28. The standard InChI is InChI=1S/C28H24ClN5O2/c29-22-12-11-21-18-34(25(28(36)32-24(21)15-22)16-23-5-1-3-13-30-23)17-19-7-9-20(10-8-19)27(35)33-26-6-2-4-14-31-26/h1-15,25H,16-18H2,(H,32,36)(H,31,33,35)/t25-/m1/s1. The van der Waals surface area contributed by atoms with Gasteiger partial charge in [-0.05, 0) is 59.7 Å². The second-order valence-electron chi connectivity index (χ2n) is 8.60. The molecule has 3 heterocycles. The van der Waals surface area contributed by atoms with Gasteiger partial charge in [-0.2, -0.15) is 0 Å². The Morgan fingerprint density at radius 1 is 1.00 bits per heavy atom. The van der Waals surface area contributed by atoms with Gasteiger partial charge in [-0.1, -0.05) is 41.9 Å². The van der Waals surface area contributed by atoms with Gasteiger partial charge in [0.25, 0.3) is 5.91 Å². The predicted octanol–water partition coefficient (Wildman–Crippen LogP) is 4.95. The number of amides is 2. The summed E-state index contributed by atoms with van der Waals surface area (Å²) in [7, 11) is 0. The molecule has 1 aliphatic rings. The van der Waals surface area contributed by atoms with Gasteiger partial charge in [-0.3, -0.25) is 19.5 Å². The second kappa shape index (κ2) is 10.7. The van der Waals surface area contributed by atoms with Crippen molar-refractivity contribution in [3.8, 4) is 0 Å². The summed E-state index contributed by atoms with van der Waals surface area (Å²) in [6.45, 7) is 1.08. The summed E-state index contributed by atoms with van der Waals surface area (Å²) in [5.74, 6) is 0.166. The fraction of sp³-hybridized carbons (Fsp3) is 0.143. The summed E-state index contributed by atoms with van der Waals surface area (Å²) in [6.07, 6.45) is 3.83. The van der Waals surface area contributed by atoms with Crippen molar-refractivity contribution in [2.45, 2.75) is 25.6 Å². The van der Waals surface area contributed by atoms with Gasteiger partial charge in [0.1, 0.15) is 5.82 Å². The normalized spacial score (nSPS) is 15.5. The number of hydrogen-bond donors (Lipinski definition) is 2. The number of carbonyl (C=O) groups excluding carboxylic acids is 2. The lowest BCUT2D eigenvalue weighted by molar-refractivity contribution is -0.121. The molecule has 8 heteroatoms. The minimum Gasteiger partial charge on any atom is -0.324 e. The molecule has 2 aromatic heterocycles. The van der Waals surface area contributed by atoms with Crippen molar-refractivity contribution in [1.29, 1.82) is 0 Å². The van der Waals surface area contributed by atoms with E-state index in [1.165, 1.54) is 0 Å². The van der Waals surface area contributed by atoms with E-state index in [9.17, 15) is 9.59 Å². The molecule has 36 heavy (non-hydrogen) atoms. The molecule has 5 rings (SSSR count). The van der Waals surface area contributed by atoms with Crippen molar-refractivity contribution >= 4 is 34.9 Å². The second-order valence-corrected chi connectivity index (χ2v) is 9.04. The van der Waals surface area contributed by atoms with Crippen LogP contribution in [0.5, 0.6) is 0 Å². The lowest BCUT2D eigenvalue weighted by atomic mass is 10.1. The van der Waals surface area contributed by atoms with Crippen molar-refractivity contribution in [3.63, 3.8) is 0 Å². The summed E-state index contributed by atoms with van der Waals surface area (Å²) in [5, 5.41) is 6.41. The first-order valence-electron chi connectivity index (χ1n) is 11.6. The van der Waals surface area contributed by atoms with Gasteiger partial charge in [-0.15, -0.1) is 0 Å². The van der Waals surface area contributed by atoms with E-state index in [1.807, 2.05) is 48.5 Å². The molecule has 2 amide bonds. The summed E-state index contributed by atoms with van der Waals surface area (Å²) in [5.41, 5.74) is 4.07. The minimum atomic E-state index is -0.432. The van der Waals surface area contributed by atoms with Crippen LogP contribution >= 0.6 is 11.6 Å². The molecule has 0 unspecified atom stereocenters. The smallest absolute Gasteiger partial charge is 0.256 e. The van der Waals surface area contributed by atoms with Crippen LogP contribution in [0, 0.1) is 0 Å². The zero-order chi connectivity index (χ0) is 24.9. The van der Waals surface area contributed by atoms with Gasteiger partial charge in [0.2, 0.25) is 5.91 Å². The maximum absolute atomic E-state index is 13.3. The van der Waals surface area contributed by atoms with Crippen molar-refractivity contribution in [2.24, 2.45) is 0 Å². The first-order valence-corrected chi connectivity index (χ1v) is 12.0. The van der Waals surface area contributed by atoms with Crippen LogP contribution in [-0.4, -0.2) is 32.7 Å². The van der Waals surface area contributed by atoms with Gasteiger partial charge < -0.3 is 10.6 Å². The average molecular weight is 498 g/mol. The van der Waals surface area contributed by atoms with Crippen molar-refractivity contribution in [3.05, 3.63) is 119 Å². The third-order valence-corrected chi connectivity index (χ3v) is 6.32. The van der Waals surface area contributed by atoms with Crippen molar-refractivity contribution in [1.82, 2.24) is 14.9 Å². The van der Waals surface area contributed by atoms with E-state index >= 15 is 0 Å². The molecular weight excluding hydrogens is 474 g/mol. The van der Waals surface area contributed by atoms with Gasteiger partial charge >= 0.3 is 0 Å². The number of carbonyl (C=O) groups is 2. The predicted molar refractivity (Wildman–Crippen MR) is 140 cm³/mol. The molecule has 2 aromatic carbocycles. The van der Waals surface area contributed by atoms with Crippen molar-refractivity contribution in [2.75, 3.05) is 10.6 Å². The quantitative estimate of drug-likeness (QED) is 0.393. The molecule has 0 spiro atoms. The van der Waals surface area contributed by atoms with Gasteiger partial charge in [0.05, 0.1) is 6.04 Å². The zero-order valence-electron chi connectivity index (χ0n) is 19.4. The number of pyridine rings is 2. The lowest BCUT2D eigenvalue weighted by Crippen LogP contribution is -2.43. The summed E-state index contributed by atoms with van der Waals surface area (Å²) in [6, 6.07) is 23.6. The third-order valence-electron chi connectivity index (χ3n) is 6.08. The maximum Gasteiger partial charge on any atom is 0.256 e. The number of nitrogens with zero attached hydrogens (tertiary/aromatic N) is 3. The fourth-order valence-corrected chi connectivity index (χ4v) is 4.41. The van der Waals surface area contributed by atoms with Crippen LogP contribution in [0.25, 0.3) is 0 Å². The van der Waals surface area contributed by atoms with Gasteiger partial charge in [-0.25, -0.2) is 4.98 Å². The number of halogens is 1. The van der Waals surface area contributed by atoms with Crippen molar-refractivity contribution < 1.29 is 9.59 Å². The highest BCUT2D eigenvalue weighted by molar-refractivity contribution is 6.31. The third kappa shape index (κ3) is 5.59. The SMILES string of the molecule is O=C(Nc1ccccn1)c1ccc(CN2Cc3ccc(Cl)cc3NC(=O)[C@H]2Cc2ccccn2)cc1. The number of benzene rings is 2. The monoisotopic (exact) mass is 497 g/mol. The molecule has 0 fully saturated rings. The van der Waals surface area contributed by atoms with E-state index < -0.39 is 6.04 Å². The zero-order valence-corrected chi connectivity index (χ0v) is 20.2. The molecule has 0 radical (unpaired) electrons. The van der Waals surface area contributed by atoms with Gasteiger partial charge in [0, 0.05) is 53.9 Å². The van der Waals surface area contributed by atoms with E-state index in [0.717, 1.165) is 22.5 Å². The molecule has 1 atom stereocenters. The van der Waals surface area contributed by atoms with E-state index in [1.54, 1.807) is 42.7 Å². The van der Waals surface area contributed by atoms with Crippen LogP contribution in [0.3, 0.4) is 0 Å². The topological polar surface area (TPSA) is 87.2 Å². The highest BCUT2D eigenvalue weighted by Gasteiger charge is 2.31. The Labute approximate surface area is 214 Å². The first kappa shape index (κ1) is 23.7. The Morgan fingerprint density at radius 3 is 2.50 bits per heavy atom. The highest BCUT2D eigenvalue weighted by Crippen LogP contribution is 2.28. The average Bonchev–Trinajstić information content (AvgIpc) is 3.01. The van der Waals surface area contributed by atoms with Crippen LogP contribution < -0.4 is 10.6 Å². The molecule has 0 saturated heterocycles. The molecule has 0 saturated carbocycles. The van der Waals surface area contributed by atoms with E-state index in [4.69, 9.17) is 11.6 Å². The summed E-state index contributed by atoms with van der Waals surface area (Å²) < 4.78 is 0. The fourth-order valence-electron chi connectivity index (χ4n) is 4.24. The Kier molecular flexibility index (Phi) is 7.02. The van der Waals surface area contributed by atoms with Crippen LogP contribution in [0.2, 0.25) is 5.02 Å². The van der Waals surface area contributed by atoms with E-state index in [2.05, 4.69) is 25.5 Å². The summed E-state index contributed by atoms with van der Waals surface area (Å²) >= 11 is 6.19. The molecule has 1 aliphatic heterocycles. The number of hydrogen-bond acceptors (Lipinski definition) is 5. The van der Waals surface area contributed by atoms with Crippen LogP contribution in [0.1, 0.15) is 27.2 Å². The number of fused-ring (bicyclic) bond motifs is 1. The number of rotatable bonds is 6. The van der Waals surface area contributed by atoms with Crippen LogP contribution in [0.4, 0.5) is 11.5 Å². The van der Waals surface area contributed by atoms with Crippen LogP contribution in [-0.2, 0) is 24.3 Å². The molecule has 0 bridgehead atoms. The molecule has 180 valence electrons. The Bertz CT molecular complexity index is 1360. The molecule has 4 aromatic rings.